The number of nitrogens with zero attached hydrogens (tertiary/aromatic N) is 1. The molecule has 0 aliphatic carbocycles. The zero-order valence-electron chi connectivity index (χ0n) is 9.59. The molecule has 3 nitrogen and oxygen atoms in total. The first-order chi connectivity index (χ1) is 8.09. The van der Waals surface area contributed by atoms with E-state index in [0.717, 1.165) is 18.7 Å². The lowest BCUT2D eigenvalue weighted by Gasteiger charge is -2.27. The number of aryl methyl sites for hydroxylation is 1. The van der Waals surface area contributed by atoms with E-state index >= 15 is 0 Å². The van der Waals surface area contributed by atoms with Crippen LogP contribution in [0.15, 0.2) is 16.6 Å². The van der Waals surface area contributed by atoms with Crippen molar-refractivity contribution in [2.75, 3.05) is 26.2 Å². The summed E-state index contributed by atoms with van der Waals surface area (Å²) in [6.07, 6.45) is 0. The van der Waals surface area contributed by atoms with Gasteiger partial charge in [0.05, 0.1) is 5.56 Å². The number of halogens is 2. The molecule has 1 aromatic rings. The lowest BCUT2D eigenvalue weighted by Crippen LogP contribution is -2.46. The first-order valence-corrected chi connectivity index (χ1v) is 6.34. The molecule has 1 saturated heterocycles. The minimum absolute atomic E-state index is 0.160. The fourth-order valence-electron chi connectivity index (χ4n) is 1.86. The average molecular weight is 301 g/mol. The normalized spacial score (nSPS) is 16.1. The second kappa shape index (κ2) is 5.14. The molecule has 1 amide bonds. The number of hydrogen-bond donors (Lipinski definition) is 1. The van der Waals surface area contributed by atoms with E-state index in [4.69, 9.17) is 0 Å². The smallest absolute Gasteiger partial charge is 0.256 e. The molecule has 0 spiro atoms. The van der Waals surface area contributed by atoms with Crippen LogP contribution in [0.4, 0.5) is 4.39 Å². The summed E-state index contributed by atoms with van der Waals surface area (Å²) in [5, 5.41) is 3.16. The van der Waals surface area contributed by atoms with E-state index in [1.807, 2.05) is 6.92 Å². The second-order valence-corrected chi connectivity index (χ2v) is 4.98. The van der Waals surface area contributed by atoms with Crippen LogP contribution in [0, 0.1) is 12.7 Å². The number of carbonyl (C=O) groups excluding carboxylic acids is 1. The van der Waals surface area contributed by atoms with Gasteiger partial charge in [0.1, 0.15) is 5.82 Å². The lowest BCUT2D eigenvalue weighted by atomic mass is 10.1. The van der Waals surface area contributed by atoms with Crippen molar-refractivity contribution >= 4 is 21.8 Å². The molecule has 1 aliphatic rings. The van der Waals surface area contributed by atoms with Crippen molar-refractivity contribution in [3.05, 3.63) is 33.5 Å². The zero-order chi connectivity index (χ0) is 12.4. The summed E-state index contributed by atoms with van der Waals surface area (Å²) in [5.74, 6) is -0.689. The van der Waals surface area contributed by atoms with Gasteiger partial charge in [-0.1, -0.05) is 15.9 Å². The van der Waals surface area contributed by atoms with Crippen molar-refractivity contribution in [3.63, 3.8) is 0 Å². The SMILES string of the molecule is Cc1cc(C(=O)N2CCNCC2)c(F)cc1Br. The van der Waals surface area contributed by atoms with Gasteiger partial charge in [-0.05, 0) is 24.6 Å². The van der Waals surface area contributed by atoms with Crippen molar-refractivity contribution in [1.29, 1.82) is 0 Å². The van der Waals surface area contributed by atoms with Crippen molar-refractivity contribution in [1.82, 2.24) is 10.2 Å². The number of rotatable bonds is 1. The Morgan fingerprint density at radius 1 is 1.41 bits per heavy atom. The summed E-state index contributed by atoms with van der Waals surface area (Å²) in [7, 11) is 0. The van der Waals surface area contributed by atoms with E-state index in [1.165, 1.54) is 6.07 Å². The van der Waals surface area contributed by atoms with Crippen molar-refractivity contribution in [2.24, 2.45) is 0 Å². The van der Waals surface area contributed by atoms with Crippen LogP contribution in [0.3, 0.4) is 0 Å². The molecule has 0 aromatic heterocycles. The topological polar surface area (TPSA) is 32.3 Å². The standard InChI is InChI=1S/C12H14BrFN2O/c1-8-6-9(11(14)7-10(8)13)12(17)16-4-2-15-3-5-16/h6-7,15H,2-5H2,1H3. The van der Waals surface area contributed by atoms with Gasteiger partial charge in [0.25, 0.3) is 5.91 Å². The molecule has 1 heterocycles. The maximum absolute atomic E-state index is 13.7. The maximum atomic E-state index is 13.7. The van der Waals surface area contributed by atoms with Gasteiger partial charge in [0.15, 0.2) is 0 Å². The Labute approximate surface area is 108 Å². The molecule has 5 heteroatoms. The Balaban J connectivity index is 2.26. The molecule has 0 radical (unpaired) electrons. The number of carbonyl (C=O) groups is 1. The van der Waals surface area contributed by atoms with E-state index in [0.29, 0.717) is 17.6 Å². The van der Waals surface area contributed by atoms with Crippen LogP contribution in [-0.4, -0.2) is 37.0 Å². The lowest BCUT2D eigenvalue weighted by molar-refractivity contribution is 0.0731. The quantitative estimate of drug-likeness (QED) is 0.860. The van der Waals surface area contributed by atoms with Crippen LogP contribution >= 0.6 is 15.9 Å². The Kier molecular flexibility index (Phi) is 3.79. The molecule has 1 N–H and O–H groups in total. The zero-order valence-corrected chi connectivity index (χ0v) is 11.2. The molecule has 1 aromatic carbocycles. The number of hydrogen-bond acceptors (Lipinski definition) is 2. The minimum atomic E-state index is -0.467. The van der Waals surface area contributed by atoms with E-state index in [2.05, 4.69) is 21.2 Å². The third kappa shape index (κ3) is 2.66. The first kappa shape index (κ1) is 12.5. The number of amides is 1. The second-order valence-electron chi connectivity index (χ2n) is 4.12. The van der Waals surface area contributed by atoms with Gasteiger partial charge >= 0.3 is 0 Å². The third-order valence-electron chi connectivity index (χ3n) is 2.88. The van der Waals surface area contributed by atoms with Crippen molar-refractivity contribution in [2.45, 2.75) is 6.92 Å². The largest absolute Gasteiger partial charge is 0.336 e. The third-order valence-corrected chi connectivity index (χ3v) is 3.74. The van der Waals surface area contributed by atoms with Crippen LogP contribution in [-0.2, 0) is 0 Å². The summed E-state index contributed by atoms with van der Waals surface area (Å²) in [4.78, 5) is 13.8. The van der Waals surface area contributed by atoms with Crippen LogP contribution in [0.2, 0.25) is 0 Å². The Hall–Kier alpha value is -0.940. The highest BCUT2D eigenvalue weighted by atomic mass is 79.9. The molecular formula is C12H14BrFN2O. The fraction of sp³-hybridized carbons (Fsp3) is 0.417. The predicted molar refractivity (Wildman–Crippen MR) is 67.6 cm³/mol. The molecule has 0 bridgehead atoms. The highest BCUT2D eigenvalue weighted by Gasteiger charge is 2.21. The highest BCUT2D eigenvalue weighted by Crippen LogP contribution is 2.21. The number of piperazine rings is 1. The number of benzene rings is 1. The molecule has 0 saturated carbocycles. The minimum Gasteiger partial charge on any atom is -0.336 e. The Morgan fingerprint density at radius 2 is 2.06 bits per heavy atom. The van der Waals surface area contributed by atoms with Gasteiger partial charge in [-0.15, -0.1) is 0 Å². The molecule has 1 fully saturated rings. The van der Waals surface area contributed by atoms with E-state index in [1.54, 1.807) is 11.0 Å². The summed E-state index contributed by atoms with van der Waals surface area (Å²) in [5.41, 5.74) is 1.03. The van der Waals surface area contributed by atoms with Crippen LogP contribution in [0.5, 0.6) is 0 Å². The summed E-state index contributed by atoms with van der Waals surface area (Å²) < 4.78 is 14.4. The first-order valence-electron chi connectivity index (χ1n) is 5.55. The molecule has 1 aliphatic heterocycles. The van der Waals surface area contributed by atoms with Gasteiger partial charge in [-0.2, -0.15) is 0 Å². The molecule has 0 unspecified atom stereocenters. The fourth-order valence-corrected chi connectivity index (χ4v) is 2.17. The van der Waals surface area contributed by atoms with Gasteiger partial charge in [0, 0.05) is 30.7 Å². The van der Waals surface area contributed by atoms with Gasteiger partial charge in [-0.25, -0.2) is 4.39 Å². The van der Waals surface area contributed by atoms with Gasteiger partial charge in [-0.3, -0.25) is 4.79 Å². The molecule has 2 rings (SSSR count). The van der Waals surface area contributed by atoms with E-state index < -0.39 is 5.82 Å². The van der Waals surface area contributed by atoms with Crippen molar-refractivity contribution in [3.8, 4) is 0 Å². The molecule has 17 heavy (non-hydrogen) atoms. The molecule has 92 valence electrons. The predicted octanol–water partition coefficient (Wildman–Crippen LogP) is 1.94. The van der Waals surface area contributed by atoms with Crippen LogP contribution in [0.25, 0.3) is 0 Å². The van der Waals surface area contributed by atoms with E-state index in [-0.39, 0.29) is 11.5 Å². The maximum Gasteiger partial charge on any atom is 0.256 e. The summed E-state index contributed by atoms with van der Waals surface area (Å²) >= 11 is 3.25. The van der Waals surface area contributed by atoms with Crippen molar-refractivity contribution < 1.29 is 9.18 Å². The average Bonchev–Trinajstić information content (AvgIpc) is 2.34. The highest BCUT2D eigenvalue weighted by molar-refractivity contribution is 9.10. The monoisotopic (exact) mass is 300 g/mol. The van der Waals surface area contributed by atoms with Crippen LogP contribution < -0.4 is 5.32 Å². The molecule has 0 atom stereocenters. The Morgan fingerprint density at radius 3 is 2.71 bits per heavy atom. The van der Waals surface area contributed by atoms with Gasteiger partial charge in [0.2, 0.25) is 0 Å². The molecular weight excluding hydrogens is 287 g/mol. The Bertz CT molecular complexity index is 444. The summed E-state index contributed by atoms with van der Waals surface area (Å²) in [6, 6.07) is 2.95. The van der Waals surface area contributed by atoms with Crippen LogP contribution in [0.1, 0.15) is 15.9 Å². The van der Waals surface area contributed by atoms with Gasteiger partial charge < -0.3 is 10.2 Å². The number of nitrogens with one attached hydrogen (secondary N) is 1. The summed E-state index contributed by atoms with van der Waals surface area (Å²) in [6.45, 7) is 4.64. The van der Waals surface area contributed by atoms with E-state index in [9.17, 15) is 9.18 Å².